The van der Waals surface area contributed by atoms with Gasteiger partial charge in [-0.05, 0) is 54.1 Å². The molecule has 0 unspecified atom stereocenters. The zero-order valence-corrected chi connectivity index (χ0v) is 17.6. The van der Waals surface area contributed by atoms with Crippen LogP contribution in [0, 0.1) is 17.1 Å². The van der Waals surface area contributed by atoms with E-state index in [0.717, 1.165) is 12.1 Å². The molecule has 0 amide bonds. The first-order valence-electron chi connectivity index (χ1n) is 9.69. The van der Waals surface area contributed by atoms with Crippen LogP contribution in [-0.4, -0.2) is 4.98 Å². The number of pyridine rings is 1. The molecule has 0 aliphatic carbocycles. The second-order valence-corrected chi connectivity index (χ2v) is 7.60. The molecule has 4 nitrogen and oxygen atoms in total. The van der Waals surface area contributed by atoms with E-state index >= 15 is 0 Å². The summed E-state index contributed by atoms with van der Waals surface area (Å²) >= 11 is 5.86. The van der Waals surface area contributed by atoms with Gasteiger partial charge in [-0.25, -0.2) is 4.39 Å². The predicted molar refractivity (Wildman–Crippen MR) is 120 cm³/mol. The van der Waals surface area contributed by atoms with Crippen molar-refractivity contribution in [1.29, 1.82) is 5.26 Å². The van der Waals surface area contributed by atoms with Crippen LogP contribution in [0.15, 0.2) is 66.9 Å². The van der Waals surface area contributed by atoms with Crippen LogP contribution in [0.25, 0.3) is 10.9 Å². The van der Waals surface area contributed by atoms with Crippen LogP contribution < -0.4 is 10.6 Å². The first kappa shape index (κ1) is 22.4. The molecule has 0 radical (unpaired) electrons. The number of halogens is 5. The van der Waals surface area contributed by atoms with E-state index in [2.05, 4.69) is 21.7 Å². The second kappa shape index (κ2) is 8.96. The van der Waals surface area contributed by atoms with Crippen molar-refractivity contribution in [1.82, 2.24) is 4.98 Å². The highest BCUT2D eigenvalue weighted by molar-refractivity contribution is 6.31. The van der Waals surface area contributed by atoms with Gasteiger partial charge in [0.05, 0.1) is 27.4 Å². The molecule has 0 atom stereocenters. The van der Waals surface area contributed by atoms with Crippen molar-refractivity contribution in [2.24, 2.45) is 0 Å². The molecule has 3 aromatic carbocycles. The minimum atomic E-state index is -4.41. The number of fused-ring (bicyclic) bond motifs is 1. The van der Waals surface area contributed by atoms with E-state index in [1.165, 1.54) is 30.5 Å². The van der Waals surface area contributed by atoms with Crippen LogP contribution in [0.2, 0.25) is 5.02 Å². The minimum Gasteiger partial charge on any atom is -0.381 e. The van der Waals surface area contributed by atoms with Gasteiger partial charge in [0.15, 0.2) is 0 Å². The highest BCUT2D eigenvalue weighted by Crippen LogP contribution is 2.33. The Morgan fingerprint density at radius 3 is 2.52 bits per heavy atom. The fourth-order valence-corrected chi connectivity index (χ4v) is 3.48. The smallest absolute Gasteiger partial charge is 0.381 e. The third-order valence-electron chi connectivity index (χ3n) is 4.93. The topological polar surface area (TPSA) is 60.7 Å². The van der Waals surface area contributed by atoms with Crippen molar-refractivity contribution in [3.8, 4) is 6.07 Å². The average molecular weight is 471 g/mol. The molecule has 166 valence electrons. The van der Waals surface area contributed by atoms with E-state index in [-0.39, 0.29) is 17.1 Å². The molecule has 1 heterocycles. The lowest BCUT2D eigenvalue weighted by atomic mass is 10.1. The summed E-state index contributed by atoms with van der Waals surface area (Å²) in [6, 6.07) is 16.5. The van der Waals surface area contributed by atoms with E-state index in [4.69, 9.17) is 11.6 Å². The number of benzene rings is 3. The molecule has 0 aliphatic rings. The maximum Gasteiger partial charge on any atom is 0.416 e. The molecule has 4 aromatic rings. The van der Waals surface area contributed by atoms with E-state index in [0.29, 0.717) is 33.5 Å². The molecular weight excluding hydrogens is 456 g/mol. The van der Waals surface area contributed by atoms with Crippen LogP contribution in [0.4, 0.5) is 34.6 Å². The normalized spacial score (nSPS) is 11.3. The van der Waals surface area contributed by atoms with Crippen molar-refractivity contribution in [3.63, 3.8) is 0 Å². The van der Waals surface area contributed by atoms with Gasteiger partial charge in [0.25, 0.3) is 0 Å². The number of hydrogen-bond donors (Lipinski definition) is 2. The number of nitriles is 1. The number of rotatable bonds is 5. The first-order valence-corrected chi connectivity index (χ1v) is 10.1. The second-order valence-electron chi connectivity index (χ2n) is 7.20. The van der Waals surface area contributed by atoms with Gasteiger partial charge in [0, 0.05) is 29.5 Å². The summed E-state index contributed by atoms with van der Waals surface area (Å²) in [5, 5.41) is 16.3. The highest BCUT2D eigenvalue weighted by atomic mass is 35.5. The predicted octanol–water partition coefficient (Wildman–Crippen LogP) is 7.27. The monoisotopic (exact) mass is 470 g/mol. The Hall–Kier alpha value is -3.83. The molecule has 0 saturated heterocycles. The Morgan fingerprint density at radius 2 is 1.79 bits per heavy atom. The van der Waals surface area contributed by atoms with E-state index in [9.17, 15) is 22.8 Å². The van der Waals surface area contributed by atoms with Gasteiger partial charge in [-0.3, -0.25) is 4.98 Å². The summed E-state index contributed by atoms with van der Waals surface area (Å²) in [6.07, 6.45) is -2.99. The third-order valence-corrected chi connectivity index (χ3v) is 5.22. The summed E-state index contributed by atoms with van der Waals surface area (Å²) < 4.78 is 52.4. The largest absolute Gasteiger partial charge is 0.416 e. The molecule has 33 heavy (non-hydrogen) atoms. The molecule has 0 fully saturated rings. The minimum absolute atomic E-state index is 0.0692. The number of nitrogens with zero attached hydrogens (tertiary/aromatic N) is 2. The van der Waals surface area contributed by atoms with Crippen molar-refractivity contribution >= 4 is 39.6 Å². The number of anilines is 3. The number of nitrogens with one attached hydrogen (secondary N) is 2. The van der Waals surface area contributed by atoms with Gasteiger partial charge in [0.1, 0.15) is 11.9 Å². The number of hydrogen-bond acceptors (Lipinski definition) is 4. The fourth-order valence-electron chi connectivity index (χ4n) is 3.30. The summed E-state index contributed by atoms with van der Waals surface area (Å²) in [6.45, 7) is 0.164. The lowest BCUT2D eigenvalue weighted by Crippen LogP contribution is -2.07. The van der Waals surface area contributed by atoms with Gasteiger partial charge < -0.3 is 10.6 Å². The lowest BCUT2D eigenvalue weighted by molar-refractivity contribution is -0.137. The molecule has 1 aromatic heterocycles. The van der Waals surface area contributed by atoms with Gasteiger partial charge in [-0.2, -0.15) is 18.4 Å². The lowest BCUT2D eigenvalue weighted by Gasteiger charge is -2.14. The maximum atomic E-state index is 13.5. The van der Waals surface area contributed by atoms with Crippen LogP contribution in [0.1, 0.15) is 16.7 Å². The SMILES string of the molecule is N#Cc1cnc2ccc(NCc3cccc(C(F)(F)F)c3)cc2c1Nc1ccc(F)c(Cl)c1. The van der Waals surface area contributed by atoms with Crippen molar-refractivity contribution in [2.45, 2.75) is 12.7 Å². The third kappa shape index (κ3) is 4.99. The Kier molecular flexibility index (Phi) is 6.07. The summed E-state index contributed by atoms with van der Waals surface area (Å²) in [7, 11) is 0. The van der Waals surface area contributed by atoms with Crippen molar-refractivity contribution < 1.29 is 17.6 Å². The molecule has 2 N–H and O–H groups in total. The molecule has 9 heteroatoms. The van der Waals surface area contributed by atoms with Gasteiger partial charge in [0.2, 0.25) is 0 Å². The average Bonchev–Trinajstić information content (AvgIpc) is 2.80. The Balaban J connectivity index is 1.66. The number of aromatic nitrogens is 1. The summed E-state index contributed by atoms with van der Waals surface area (Å²) in [5.41, 5.74) is 2.16. The van der Waals surface area contributed by atoms with Crippen molar-refractivity contribution in [2.75, 3.05) is 10.6 Å². The van der Waals surface area contributed by atoms with Gasteiger partial charge in [-0.15, -0.1) is 0 Å². The first-order chi connectivity index (χ1) is 15.7. The zero-order chi connectivity index (χ0) is 23.6. The van der Waals surface area contributed by atoms with E-state index < -0.39 is 17.6 Å². The zero-order valence-electron chi connectivity index (χ0n) is 16.8. The standard InChI is InChI=1S/C24H15ClF4N4/c25-20-10-18(4-6-21(20)26)33-23-15(11-30)13-32-22-7-5-17(9-19(22)23)31-12-14-2-1-3-16(8-14)24(27,28)29/h1-10,13,31H,12H2,(H,32,33). The van der Waals surface area contributed by atoms with Crippen LogP contribution >= 0.6 is 11.6 Å². The molecular formula is C24H15ClF4N4. The molecule has 0 bridgehead atoms. The summed E-state index contributed by atoms with van der Waals surface area (Å²) in [5.74, 6) is -0.566. The van der Waals surface area contributed by atoms with Crippen LogP contribution in [0.5, 0.6) is 0 Å². The van der Waals surface area contributed by atoms with E-state index in [1.54, 1.807) is 24.3 Å². The molecule has 0 saturated carbocycles. The maximum absolute atomic E-state index is 13.5. The Labute approximate surface area is 191 Å². The van der Waals surface area contributed by atoms with E-state index in [1.807, 2.05) is 0 Å². The molecule has 0 spiro atoms. The summed E-state index contributed by atoms with van der Waals surface area (Å²) in [4.78, 5) is 4.28. The van der Waals surface area contributed by atoms with Gasteiger partial charge in [-0.1, -0.05) is 23.7 Å². The quantitative estimate of drug-likeness (QED) is 0.301. The fraction of sp³-hybridized carbons (Fsp3) is 0.0833. The Bertz CT molecular complexity index is 1380. The number of alkyl halides is 3. The van der Waals surface area contributed by atoms with Gasteiger partial charge >= 0.3 is 6.18 Å². The Morgan fingerprint density at radius 1 is 1.00 bits per heavy atom. The molecule has 4 rings (SSSR count). The van der Waals surface area contributed by atoms with Crippen LogP contribution in [0.3, 0.4) is 0 Å². The van der Waals surface area contributed by atoms with Crippen molar-refractivity contribution in [3.05, 3.63) is 94.4 Å². The highest BCUT2D eigenvalue weighted by Gasteiger charge is 2.30. The molecule has 0 aliphatic heterocycles. The van der Waals surface area contributed by atoms with Crippen LogP contribution in [-0.2, 0) is 12.7 Å².